The van der Waals surface area contributed by atoms with Crippen molar-refractivity contribution < 1.29 is 24.2 Å². The van der Waals surface area contributed by atoms with E-state index in [0.29, 0.717) is 0 Å². The van der Waals surface area contributed by atoms with Crippen molar-refractivity contribution in [2.24, 2.45) is 0 Å². The van der Waals surface area contributed by atoms with Gasteiger partial charge in [-0.3, -0.25) is 4.98 Å². The maximum absolute atomic E-state index is 11.4. The van der Waals surface area contributed by atoms with Crippen molar-refractivity contribution in [2.75, 3.05) is 20.3 Å². The summed E-state index contributed by atoms with van der Waals surface area (Å²) in [6.07, 6.45) is 2.41. The second kappa shape index (κ2) is 5.82. The number of carbonyl (C=O) groups excluding carboxylic acids is 1. The number of esters is 1. The number of rotatable bonds is 5. The van der Waals surface area contributed by atoms with Gasteiger partial charge < -0.3 is 14.6 Å². The van der Waals surface area contributed by atoms with Crippen LogP contribution in [0.4, 0.5) is 0 Å². The standard InChI is InChI=1S/C10H11NO5/c1-15-2-3-16-10(14)8-4-7(9(12)13)5-11-6-8/h4-6H,2-3H2,1H3,(H,12,13). The molecule has 0 bridgehead atoms. The van der Waals surface area contributed by atoms with E-state index in [1.165, 1.54) is 19.4 Å². The Kier molecular flexibility index (Phi) is 4.41. The van der Waals surface area contributed by atoms with Crippen LogP contribution in [0.15, 0.2) is 18.5 Å². The van der Waals surface area contributed by atoms with Crippen molar-refractivity contribution >= 4 is 11.9 Å². The van der Waals surface area contributed by atoms with E-state index < -0.39 is 11.9 Å². The van der Waals surface area contributed by atoms with E-state index in [0.717, 1.165) is 6.20 Å². The number of hydrogen-bond donors (Lipinski definition) is 1. The van der Waals surface area contributed by atoms with E-state index in [9.17, 15) is 9.59 Å². The molecule has 0 unspecified atom stereocenters. The van der Waals surface area contributed by atoms with Gasteiger partial charge in [-0.1, -0.05) is 0 Å². The summed E-state index contributed by atoms with van der Waals surface area (Å²) in [5.41, 5.74) is 0.0530. The summed E-state index contributed by atoms with van der Waals surface area (Å²) in [4.78, 5) is 25.6. The molecule has 0 saturated heterocycles. The topological polar surface area (TPSA) is 85.7 Å². The Hall–Kier alpha value is -1.95. The Bertz CT molecular complexity index is 391. The Balaban J connectivity index is 2.68. The highest BCUT2D eigenvalue weighted by Gasteiger charge is 2.11. The number of carbonyl (C=O) groups is 2. The van der Waals surface area contributed by atoms with Crippen LogP contribution in [0.25, 0.3) is 0 Å². The number of pyridine rings is 1. The third kappa shape index (κ3) is 3.32. The molecular weight excluding hydrogens is 214 g/mol. The minimum atomic E-state index is -1.14. The van der Waals surface area contributed by atoms with Gasteiger partial charge in [0, 0.05) is 19.5 Å². The van der Waals surface area contributed by atoms with Crippen LogP contribution in [0.3, 0.4) is 0 Å². The van der Waals surface area contributed by atoms with Crippen molar-refractivity contribution in [3.05, 3.63) is 29.6 Å². The maximum Gasteiger partial charge on any atom is 0.339 e. The summed E-state index contributed by atoms with van der Waals surface area (Å²) >= 11 is 0. The monoisotopic (exact) mass is 225 g/mol. The first kappa shape index (κ1) is 12.1. The smallest absolute Gasteiger partial charge is 0.339 e. The normalized spacial score (nSPS) is 9.81. The van der Waals surface area contributed by atoms with E-state index >= 15 is 0 Å². The van der Waals surface area contributed by atoms with Crippen molar-refractivity contribution in [1.29, 1.82) is 0 Å². The van der Waals surface area contributed by atoms with E-state index in [2.05, 4.69) is 4.98 Å². The number of aromatic nitrogens is 1. The first-order chi connectivity index (χ1) is 7.65. The summed E-state index contributed by atoms with van der Waals surface area (Å²) in [5.74, 6) is -1.76. The molecule has 1 aromatic heterocycles. The van der Waals surface area contributed by atoms with Gasteiger partial charge >= 0.3 is 11.9 Å². The van der Waals surface area contributed by atoms with E-state index in [-0.39, 0.29) is 24.3 Å². The molecule has 1 aromatic rings. The fraction of sp³-hybridized carbons (Fsp3) is 0.300. The van der Waals surface area contributed by atoms with Gasteiger partial charge in [-0.2, -0.15) is 0 Å². The fourth-order valence-corrected chi connectivity index (χ4v) is 0.970. The lowest BCUT2D eigenvalue weighted by Gasteiger charge is -2.03. The summed E-state index contributed by atoms with van der Waals surface area (Å²) in [5, 5.41) is 8.69. The SMILES string of the molecule is COCCOC(=O)c1cncc(C(=O)O)c1. The van der Waals surface area contributed by atoms with Gasteiger partial charge in [0.1, 0.15) is 6.61 Å². The van der Waals surface area contributed by atoms with Crippen molar-refractivity contribution in [3.63, 3.8) is 0 Å². The summed E-state index contributed by atoms with van der Waals surface area (Å²) in [6.45, 7) is 0.407. The molecule has 0 fully saturated rings. The van der Waals surface area contributed by atoms with E-state index in [4.69, 9.17) is 14.6 Å². The Morgan fingerprint density at radius 2 is 2.00 bits per heavy atom. The molecule has 16 heavy (non-hydrogen) atoms. The maximum atomic E-state index is 11.4. The molecule has 0 atom stereocenters. The second-order valence-electron chi connectivity index (χ2n) is 2.90. The Labute approximate surface area is 91.8 Å². The highest BCUT2D eigenvalue weighted by Crippen LogP contribution is 2.04. The molecule has 86 valence electrons. The summed E-state index contributed by atoms with van der Waals surface area (Å²) in [6, 6.07) is 1.21. The molecule has 6 heteroatoms. The van der Waals surface area contributed by atoms with Crippen molar-refractivity contribution in [2.45, 2.75) is 0 Å². The lowest BCUT2D eigenvalue weighted by atomic mass is 10.2. The van der Waals surface area contributed by atoms with Gasteiger partial charge in [0.2, 0.25) is 0 Å². The molecule has 0 saturated carbocycles. The molecule has 1 heterocycles. The third-order valence-corrected chi connectivity index (χ3v) is 1.74. The van der Waals surface area contributed by atoms with Gasteiger partial charge in [-0.25, -0.2) is 9.59 Å². The molecule has 1 N–H and O–H groups in total. The van der Waals surface area contributed by atoms with Gasteiger partial charge in [-0.05, 0) is 6.07 Å². The number of carboxylic acid groups (broad SMARTS) is 1. The van der Waals surface area contributed by atoms with Crippen LogP contribution in [0, 0.1) is 0 Å². The van der Waals surface area contributed by atoms with Crippen LogP contribution >= 0.6 is 0 Å². The number of aromatic carboxylic acids is 1. The molecule has 0 aliphatic heterocycles. The van der Waals surface area contributed by atoms with Gasteiger partial charge in [0.15, 0.2) is 0 Å². The van der Waals surface area contributed by atoms with Crippen LogP contribution in [-0.2, 0) is 9.47 Å². The molecular formula is C10H11NO5. The lowest BCUT2D eigenvalue weighted by Crippen LogP contribution is -2.11. The molecule has 0 amide bonds. The van der Waals surface area contributed by atoms with Gasteiger partial charge in [0.05, 0.1) is 17.7 Å². The zero-order valence-electron chi connectivity index (χ0n) is 8.67. The van der Waals surface area contributed by atoms with Crippen molar-refractivity contribution in [1.82, 2.24) is 4.98 Å². The lowest BCUT2D eigenvalue weighted by molar-refractivity contribution is 0.0387. The zero-order valence-corrected chi connectivity index (χ0v) is 8.67. The Morgan fingerprint density at radius 3 is 2.62 bits per heavy atom. The molecule has 6 nitrogen and oxygen atoms in total. The Morgan fingerprint density at radius 1 is 1.31 bits per heavy atom. The minimum Gasteiger partial charge on any atom is -0.478 e. The van der Waals surface area contributed by atoms with Crippen LogP contribution in [-0.4, -0.2) is 42.4 Å². The highest BCUT2D eigenvalue weighted by molar-refractivity contribution is 5.93. The largest absolute Gasteiger partial charge is 0.478 e. The average Bonchev–Trinajstić information content (AvgIpc) is 2.29. The third-order valence-electron chi connectivity index (χ3n) is 1.74. The van der Waals surface area contributed by atoms with Crippen LogP contribution in [0.1, 0.15) is 20.7 Å². The predicted octanol–water partition coefficient (Wildman–Crippen LogP) is 0.583. The summed E-state index contributed by atoms with van der Waals surface area (Å²) < 4.78 is 9.51. The predicted molar refractivity (Wildman–Crippen MR) is 53.4 cm³/mol. The van der Waals surface area contributed by atoms with Crippen LogP contribution in [0.5, 0.6) is 0 Å². The van der Waals surface area contributed by atoms with Crippen molar-refractivity contribution in [3.8, 4) is 0 Å². The van der Waals surface area contributed by atoms with E-state index in [1.54, 1.807) is 0 Å². The molecule has 1 rings (SSSR count). The number of ether oxygens (including phenoxy) is 2. The molecule has 0 radical (unpaired) electrons. The highest BCUT2D eigenvalue weighted by atomic mass is 16.6. The number of methoxy groups -OCH3 is 1. The van der Waals surface area contributed by atoms with E-state index in [1.807, 2.05) is 0 Å². The van der Waals surface area contributed by atoms with Gasteiger partial charge in [-0.15, -0.1) is 0 Å². The summed E-state index contributed by atoms with van der Waals surface area (Å²) in [7, 11) is 1.49. The minimum absolute atomic E-state index is 0.0545. The zero-order chi connectivity index (χ0) is 12.0. The first-order valence-corrected chi connectivity index (χ1v) is 4.49. The van der Waals surface area contributed by atoms with Gasteiger partial charge in [0.25, 0.3) is 0 Å². The second-order valence-corrected chi connectivity index (χ2v) is 2.90. The quantitative estimate of drug-likeness (QED) is 0.582. The van der Waals surface area contributed by atoms with Crippen LogP contribution in [0.2, 0.25) is 0 Å². The first-order valence-electron chi connectivity index (χ1n) is 4.49. The molecule has 0 aliphatic carbocycles. The number of hydrogen-bond acceptors (Lipinski definition) is 5. The number of carboxylic acids is 1. The molecule has 0 spiro atoms. The average molecular weight is 225 g/mol. The molecule has 0 aliphatic rings. The fourth-order valence-electron chi connectivity index (χ4n) is 0.970. The van der Waals surface area contributed by atoms with Crippen LogP contribution < -0.4 is 0 Å². The number of nitrogens with zero attached hydrogens (tertiary/aromatic N) is 1. The molecule has 0 aromatic carbocycles.